The van der Waals surface area contributed by atoms with Gasteiger partial charge >= 0.3 is 0 Å². The molecule has 3 aromatic rings. The van der Waals surface area contributed by atoms with E-state index in [-0.39, 0.29) is 12.5 Å². The molecule has 138 valence electrons. The summed E-state index contributed by atoms with van der Waals surface area (Å²) in [7, 11) is 0. The topological polar surface area (TPSA) is 65.5 Å². The summed E-state index contributed by atoms with van der Waals surface area (Å²) < 4.78 is 0. The Balaban J connectivity index is 1.31. The molecule has 1 aliphatic heterocycles. The number of aliphatic hydroxyl groups is 1. The van der Waals surface area contributed by atoms with Crippen LogP contribution in [0, 0.1) is 0 Å². The number of β-amino-alcohol motifs (C(OH)–C–C–N with tert-alkyl or cyclic N) is 1. The first-order chi connectivity index (χ1) is 13.2. The molecule has 0 saturated carbocycles. The molecule has 0 saturated heterocycles. The van der Waals surface area contributed by atoms with Crippen LogP contribution in [0.15, 0.2) is 60.8 Å². The summed E-state index contributed by atoms with van der Waals surface area (Å²) in [6.07, 6.45) is 1.97. The maximum atomic E-state index is 12.4. The van der Waals surface area contributed by atoms with Crippen molar-refractivity contribution in [2.75, 3.05) is 19.6 Å². The van der Waals surface area contributed by atoms with E-state index in [1.165, 1.54) is 11.1 Å². The number of benzene rings is 2. The number of carbonyl (C=O) groups is 1. The molecule has 1 aliphatic rings. The van der Waals surface area contributed by atoms with Crippen LogP contribution in [-0.4, -0.2) is 46.6 Å². The Labute approximate surface area is 158 Å². The van der Waals surface area contributed by atoms with E-state index in [0.29, 0.717) is 12.1 Å². The molecule has 1 amide bonds. The number of rotatable bonds is 5. The van der Waals surface area contributed by atoms with E-state index >= 15 is 0 Å². The first kappa shape index (κ1) is 17.6. The lowest BCUT2D eigenvalue weighted by atomic mass is 10.00. The van der Waals surface area contributed by atoms with Crippen molar-refractivity contribution in [3.05, 3.63) is 77.5 Å². The monoisotopic (exact) mass is 361 g/mol. The fourth-order valence-corrected chi connectivity index (χ4v) is 3.58. The Hall–Kier alpha value is -2.76. The second kappa shape index (κ2) is 7.86. The standard InChI is InChI=1S/C22H23N3O2/c26-20(15-25-10-9-16-5-1-2-7-18(16)14-25)13-24-22(27)19-11-17-6-3-4-8-21(17)23-12-19/h1-8,11-12,20,26H,9-10,13-15H2,(H,24,27). The third kappa shape index (κ3) is 4.15. The Morgan fingerprint density at radius 1 is 1.15 bits per heavy atom. The summed E-state index contributed by atoms with van der Waals surface area (Å²) in [6, 6.07) is 17.9. The number of aliphatic hydroxyl groups excluding tert-OH is 1. The molecule has 1 atom stereocenters. The van der Waals surface area contributed by atoms with Crippen LogP contribution in [0.4, 0.5) is 0 Å². The number of aromatic nitrogens is 1. The van der Waals surface area contributed by atoms with E-state index in [2.05, 4.69) is 39.5 Å². The van der Waals surface area contributed by atoms with Crippen LogP contribution in [0.25, 0.3) is 10.9 Å². The molecule has 2 N–H and O–H groups in total. The molecular weight excluding hydrogens is 338 g/mol. The van der Waals surface area contributed by atoms with Crippen molar-refractivity contribution in [3.8, 4) is 0 Å². The molecule has 5 heteroatoms. The van der Waals surface area contributed by atoms with Crippen molar-refractivity contribution in [2.45, 2.75) is 19.1 Å². The van der Waals surface area contributed by atoms with Crippen molar-refractivity contribution in [3.63, 3.8) is 0 Å². The van der Waals surface area contributed by atoms with Crippen LogP contribution in [0.1, 0.15) is 21.5 Å². The number of pyridine rings is 1. The molecule has 0 aliphatic carbocycles. The highest BCUT2D eigenvalue weighted by atomic mass is 16.3. The second-order valence-electron chi connectivity index (χ2n) is 7.03. The SMILES string of the molecule is O=C(NCC(O)CN1CCc2ccccc2C1)c1cnc2ccccc2c1. The lowest BCUT2D eigenvalue weighted by Crippen LogP contribution is -2.42. The normalized spacial score (nSPS) is 15.3. The Morgan fingerprint density at radius 3 is 2.81 bits per heavy atom. The van der Waals surface area contributed by atoms with Crippen LogP contribution in [0.2, 0.25) is 0 Å². The summed E-state index contributed by atoms with van der Waals surface area (Å²) in [5.41, 5.74) is 4.08. The average molecular weight is 361 g/mol. The number of hydrogen-bond acceptors (Lipinski definition) is 4. The highest BCUT2D eigenvalue weighted by molar-refractivity contribution is 5.97. The van der Waals surface area contributed by atoms with Crippen molar-refractivity contribution >= 4 is 16.8 Å². The molecule has 2 aromatic carbocycles. The van der Waals surface area contributed by atoms with Crippen molar-refractivity contribution < 1.29 is 9.90 Å². The van der Waals surface area contributed by atoms with E-state index in [1.54, 1.807) is 6.20 Å². The van der Waals surface area contributed by atoms with Gasteiger partial charge in [-0.05, 0) is 29.7 Å². The zero-order valence-electron chi connectivity index (χ0n) is 15.1. The van der Waals surface area contributed by atoms with Gasteiger partial charge in [0.1, 0.15) is 0 Å². The third-order valence-electron chi connectivity index (χ3n) is 5.03. The average Bonchev–Trinajstić information content (AvgIpc) is 2.71. The molecule has 0 spiro atoms. The van der Waals surface area contributed by atoms with Gasteiger partial charge in [0.25, 0.3) is 5.91 Å². The zero-order valence-corrected chi connectivity index (χ0v) is 15.1. The van der Waals surface area contributed by atoms with Gasteiger partial charge in [0.05, 0.1) is 17.2 Å². The van der Waals surface area contributed by atoms with Crippen LogP contribution in [0.5, 0.6) is 0 Å². The van der Waals surface area contributed by atoms with Crippen molar-refractivity contribution in [1.82, 2.24) is 15.2 Å². The number of nitrogens with zero attached hydrogens (tertiary/aromatic N) is 2. The van der Waals surface area contributed by atoms with E-state index in [0.717, 1.165) is 30.4 Å². The number of nitrogens with one attached hydrogen (secondary N) is 1. The number of fused-ring (bicyclic) bond motifs is 2. The van der Waals surface area contributed by atoms with Gasteiger partial charge in [-0.1, -0.05) is 42.5 Å². The zero-order chi connectivity index (χ0) is 18.6. The fraction of sp³-hybridized carbons (Fsp3) is 0.273. The summed E-state index contributed by atoms with van der Waals surface area (Å²) in [6.45, 7) is 2.54. The summed E-state index contributed by atoms with van der Waals surface area (Å²) in [4.78, 5) is 18.9. The van der Waals surface area contributed by atoms with Gasteiger partial charge in [0.15, 0.2) is 0 Å². The molecule has 1 aromatic heterocycles. The molecule has 4 rings (SSSR count). The van der Waals surface area contributed by atoms with Gasteiger partial charge in [0, 0.05) is 37.8 Å². The molecular formula is C22H23N3O2. The van der Waals surface area contributed by atoms with E-state index in [4.69, 9.17) is 0 Å². The predicted molar refractivity (Wildman–Crippen MR) is 106 cm³/mol. The van der Waals surface area contributed by atoms with Gasteiger partial charge < -0.3 is 10.4 Å². The van der Waals surface area contributed by atoms with Crippen LogP contribution >= 0.6 is 0 Å². The number of carbonyl (C=O) groups excluding carboxylic acids is 1. The van der Waals surface area contributed by atoms with Gasteiger partial charge in [-0.3, -0.25) is 14.7 Å². The Bertz CT molecular complexity index is 957. The highest BCUT2D eigenvalue weighted by Crippen LogP contribution is 2.18. The smallest absolute Gasteiger partial charge is 0.252 e. The largest absolute Gasteiger partial charge is 0.390 e. The molecule has 0 radical (unpaired) electrons. The van der Waals surface area contributed by atoms with E-state index < -0.39 is 6.10 Å². The summed E-state index contributed by atoms with van der Waals surface area (Å²) in [5.74, 6) is -0.212. The Morgan fingerprint density at radius 2 is 1.93 bits per heavy atom. The third-order valence-corrected chi connectivity index (χ3v) is 5.03. The van der Waals surface area contributed by atoms with Crippen molar-refractivity contribution in [2.24, 2.45) is 0 Å². The van der Waals surface area contributed by atoms with Crippen LogP contribution in [0.3, 0.4) is 0 Å². The number of hydrogen-bond donors (Lipinski definition) is 2. The maximum Gasteiger partial charge on any atom is 0.252 e. The van der Waals surface area contributed by atoms with Crippen LogP contribution in [-0.2, 0) is 13.0 Å². The van der Waals surface area contributed by atoms with E-state index in [9.17, 15) is 9.90 Å². The van der Waals surface area contributed by atoms with Gasteiger partial charge in [-0.25, -0.2) is 0 Å². The van der Waals surface area contributed by atoms with Crippen LogP contribution < -0.4 is 5.32 Å². The van der Waals surface area contributed by atoms with Crippen molar-refractivity contribution in [1.29, 1.82) is 0 Å². The summed E-state index contributed by atoms with van der Waals surface area (Å²) >= 11 is 0. The number of amides is 1. The first-order valence-corrected chi connectivity index (χ1v) is 9.29. The highest BCUT2D eigenvalue weighted by Gasteiger charge is 2.19. The summed E-state index contributed by atoms with van der Waals surface area (Å²) in [5, 5.41) is 14.1. The first-order valence-electron chi connectivity index (χ1n) is 9.29. The van der Waals surface area contributed by atoms with Gasteiger partial charge in [-0.15, -0.1) is 0 Å². The fourth-order valence-electron chi connectivity index (χ4n) is 3.58. The minimum atomic E-state index is -0.604. The molecule has 0 bridgehead atoms. The quantitative estimate of drug-likeness (QED) is 0.732. The minimum absolute atomic E-state index is 0.212. The molecule has 5 nitrogen and oxygen atoms in total. The number of para-hydroxylation sites is 1. The van der Waals surface area contributed by atoms with E-state index in [1.807, 2.05) is 30.3 Å². The molecule has 27 heavy (non-hydrogen) atoms. The predicted octanol–water partition coefficient (Wildman–Crippen LogP) is 2.38. The lowest BCUT2D eigenvalue weighted by Gasteiger charge is -2.30. The molecule has 0 fully saturated rings. The molecule has 1 unspecified atom stereocenters. The Kier molecular flexibility index (Phi) is 5.14. The minimum Gasteiger partial charge on any atom is -0.390 e. The lowest BCUT2D eigenvalue weighted by molar-refractivity contribution is 0.0841. The maximum absolute atomic E-state index is 12.4. The second-order valence-corrected chi connectivity index (χ2v) is 7.03. The van der Waals surface area contributed by atoms with Gasteiger partial charge in [-0.2, -0.15) is 0 Å². The molecule has 2 heterocycles. The van der Waals surface area contributed by atoms with Gasteiger partial charge in [0.2, 0.25) is 0 Å².